The summed E-state index contributed by atoms with van der Waals surface area (Å²) in [4.78, 5) is 14.9. The molecule has 7 nitrogen and oxygen atoms in total. The van der Waals surface area contributed by atoms with Gasteiger partial charge in [0.25, 0.3) is 0 Å². The van der Waals surface area contributed by atoms with Crippen LogP contribution in [-0.4, -0.2) is 44.0 Å². The van der Waals surface area contributed by atoms with Gasteiger partial charge in [0, 0.05) is 20.1 Å². The molecule has 1 aliphatic rings. The second-order valence-electron chi connectivity index (χ2n) is 7.36. The molecule has 2 heterocycles. The van der Waals surface area contributed by atoms with Crippen molar-refractivity contribution >= 4 is 17.7 Å². The monoisotopic (exact) mass is 438 g/mol. The summed E-state index contributed by atoms with van der Waals surface area (Å²) < 4.78 is 13.7. The summed E-state index contributed by atoms with van der Waals surface area (Å²) in [6, 6.07) is 17.6. The fourth-order valence-electron chi connectivity index (χ4n) is 3.47. The van der Waals surface area contributed by atoms with Gasteiger partial charge >= 0.3 is 0 Å². The van der Waals surface area contributed by atoms with Crippen LogP contribution < -0.4 is 9.47 Å². The summed E-state index contributed by atoms with van der Waals surface area (Å²) >= 11 is 1.40. The van der Waals surface area contributed by atoms with Gasteiger partial charge in [0.1, 0.15) is 6.61 Å². The number of carbonyl (C=O) groups excluding carboxylic acids is 1. The second kappa shape index (κ2) is 9.43. The van der Waals surface area contributed by atoms with Crippen LogP contribution in [0.15, 0.2) is 59.8 Å². The van der Waals surface area contributed by atoms with Crippen LogP contribution in [0.4, 0.5) is 0 Å². The van der Waals surface area contributed by atoms with Gasteiger partial charge < -0.3 is 18.9 Å². The van der Waals surface area contributed by atoms with Crippen molar-refractivity contribution in [1.29, 1.82) is 0 Å². The van der Waals surface area contributed by atoms with E-state index in [-0.39, 0.29) is 17.3 Å². The number of amides is 1. The molecule has 4 rings (SSSR count). The molecule has 1 aliphatic heterocycles. The van der Waals surface area contributed by atoms with Gasteiger partial charge in [0.2, 0.25) is 5.91 Å². The Morgan fingerprint density at radius 1 is 1.16 bits per heavy atom. The fourth-order valence-corrected chi connectivity index (χ4v) is 4.38. The van der Waals surface area contributed by atoms with Crippen LogP contribution in [0.3, 0.4) is 0 Å². The minimum absolute atomic E-state index is 0.0760. The topological polar surface area (TPSA) is 69.5 Å². The van der Waals surface area contributed by atoms with Gasteiger partial charge in [-0.05, 0) is 31.5 Å². The standard InChI is InChI=1S/C23H26N4O3S/c1-4-27(14-17-10-6-5-7-11-17)22(28)16(2)31-23-25-24-21(26(23)3)20-15-29-18-12-8-9-13-19(18)30-20/h5-13,16,20H,4,14-15H2,1-3H3. The van der Waals surface area contributed by atoms with E-state index in [1.54, 1.807) is 0 Å². The van der Waals surface area contributed by atoms with E-state index in [4.69, 9.17) is 9.47 Å². The third kappa shape index (κ3) is 4.69. The Balaban J connectivity index is 1.42. The highest BCUT2D eigenvalue weighted by atomic mass is 32.2. The first-order valence-electron chi connectivity index (χ1n) is 10.3. The summed E-state index contributed by atoms with van der Waals surface area (Å²) in [5.41, 5.74) is 1.12. The highest BCUT2D eigenvalue weighted by Gasteiger charge is 2.29. The molecule has 1 amide bonds. The molecule has 0 radical (unpaired) electrons. The quantitative estimate of drug-likeness (QED) is 0.522. The zero-order valence-corrected chi connectivity index (χ0v) is 18.7. The Bertz CT molecular complexity index is 1040. The number of aromatic nitrogens is 3. The van der Waals surface area contributed by atoms with Crippen molar-refractivity contribution < 1.29 is 14.3 Å². The van der Waals surface area contributed by atoms with Crippen molar-refractivity contribution in [3.63, 3.8) is 0 Å². The van der Waals surface area contributed by atoms with Crippen LogP contribution >= 0.6 is 11.8 Å². The first-order chi connectivity index (χ1) is 15.1. The second-order valence-corrected chi connectivity index (χ2v) is 8.67. The first kappa shape index (κ1) is 21.2. The van der Waals surface area contributed by atoms with Crippen molar-refractivity contribution in [2.45, 2.75) is 36.9 Å². The number of thioether (sulfide) groups is 1. The number of carbonyl (C=O) groups is 1. The number of fused-ring (bicyclic) bond motifs is 1. The third-order valence-electron chi connectivity index (χ3n) is 5.20. The molecule has 0 N–H and O–H groups in total. The van der Waals surface area contributed by atoms with E-state index in [1.165, 1.54) is 11.8 Å². The van der Waals surface area contributed by atoms with Crippen molar-refractivity contribution in [3.05, 3.63) is 66.0 Å². The zero-order valence-electron chi connectivity index (χ0n) is 17.9. The molecule has 0 spiro atoms. The Hall–Kier alpha value is -3.00. The van der Waals surface area contributed by atoms with Crippen LogP contribution in [0.2, 0.25) is 0 Å². The molecule has 2 unspecified atom stereocenters. The van der Waals surface area contributed by atoms with E-state index < -0.39 is 0 Å². The van der Waals surface area contributed by atoms with E-state index in [9.17, 15) is 4.79 Å². The van der Waals surface area contributed by atoms with Gasteiger partial charge in [0.05, 0.1) is 5.25 Å². The molecule has 3 aromatic rings. The SMILES string of the molecule is CCN(Cc1ccccc1)C(=O)C(C)Sc1nnc(C2COc3ccccc3O2)n1C. The van der Waals surface area contributed by atoms with Gasteiger partial charge in [-0.3, -0.25) is 4.79 Å². The van der Waals surface area contributed by atoms with Crippen LogP contribution in [0.5, 0.6) is 11.5 Å². The first-order valence-corrected chi connectivity index (χ1v) is 11.2. The maximum Gasteiger partial charge on any atom is 0.236 e. The lowest BCUT2D eigenvalue weighted by atomic mass is 10.2. The average Bonchev–Trinajstić information content (AvgIpc) is 3.17. The Kier molecular flexibility index (Phi) is 6.46. The molecule has 1 aromatic heterocycles. The van der Waals surface area contributed by atoms with Crippen LogP contribution in [0.1, 0.15) is 31.3 Å². The number of nitrogens with zero attached hydrogens (tertiary/aromatic N) is 4. The van der Waals surface area contributed by atoms with Gasteiger partial charge in [-0.15, -0.1) is 10.2 Å². The maximum atomic E-state index is 13.0. The number of hydrogen-bond acceptors (Lipinski definition) is 6. The van der Waals surface area contributed by atoms with Gasteiger partial charge in [-0.25, -0.2) is 0 Å². The predicted octanol–water partition coefficient (Wildman–Crippen LogP) is 3.86. The normalized spacial score (nSPS) is 16.0. The molecular weight excluding hydrogens is 412 g/mol. The Morgan fingerprint density at radius 2 is 1.87 bits per heavy atom. The lowest BCUT2D eigenvalue weighted by Crippen LogP contribution is -2.36. The third-order valence-corrected chi connectivity index (χ3v) is 6.33. The molecule has 0 saturated carbocycles. The summed E-state index contributed by atoms with van der Waals surface area (Å²) in [5, 5.41) is 9.01. The van der Waals surface area contributed by atoms with Crippen molar-refractivity contribution in [2.24, 2.45) is 7.05 Å². The average molecular weight is 439 g/mol. The molecular formula is C23H26N4O3S. The van der Waals surface area contributed by atoms with E-state index in [1.807, 2.05) is 85.0 Å². The summed E-state index contributed by atoms with van der Waals surface area (Å²) in [6.45, 7) is 5.51. The molecule has 0 saturated heterocycles. The van der Waals surface area contributed by atoms with E-state index in [0.29, 0.717) is 36.4 Å². The lowest BCUT2D eigenvalue weighted by Gasteiger charge is -2.26. The van der Waals surface area contributed by atoms with Crippen molar-refractivity contribution in [1.82, 2.24) is 19.7 Å². The van der Waals surface area contributed by atoms with Crippen LogP contribution in [-0.2, 0) is 18.4 Å². The molecule has 2 atom stereocenters. The lowest BCUT2D eigenvalue weighted by molar-refractivity contribution is -0.130. The smallest absolute Gasteiger partial charge is 0.236 e. The van der Waals surface area contributed by atoms with Gasteiger partial charge in [-0.1, -0.05) is 54.2 Å². The molecule has 0 bridgehead atoms. The molecule has 31 heavy (non-hydrogen) atoms. The fraction of sp³-hybridized carbons (Fsp3) is 0.348. The number of ether oxygens (including phenoxy) is 2. The number of para-hydroxylation sites is 2. The molecule has 8 heteroatoms. The van der Waals surface area contributed by atoms with E-state index >= 15 is 0 Å². The Morgan fingerprint density at radius 3 is 2.61 bits per heavy atom. The van der Waals surface area contributed by atoms with Crippen molar-refractivity contribution in [2.75, 3.05) is 13.2 Å². The molecule has 2 aromatic carbocycles. The Labute approximate surface area is 186 Å². The highest BCUT2D eigenvalue weighted by Crippen LogP contribution is 2.36. The largest absolute Gasteiger partial charge is 0.485 e. The summed E-state index contributed by atoms with van der Waals surface area (Å²) in [7, 11) is 1.89. The van der Waals surface area contributed by atoms with Crippen LogP contribution in [0.25, 0.3) is 0 Å². The molecule has 0 aliphatic carbocycles. The summed E-state index contributed by atoms with van der Waals surface area (Å²) in [6.07, 6.45) is -0.349. The van der Waals surface area contributed by atoms with E-state index in [0.717, 1.165) is 11.3 Å². The highest BCUT2D eigenvalue weighted by molar-refractivity contribution is 8.00. The van der Waals surface area contributed by atoms with E-state index in [2.05, 4.69) is 10.2 Å². The van der Waals surface area contributed by atoms with Gasteiger partial charge in [-0.2, -0.15) is 0 Å². The molecule has 162 valence electrons. The van der Waals surface area contributed by atoms with Gasteiger partial charge in [0.15, 0.2) is 28.6 Å². The number of rotatable bonds is 7. The minimum Gasteiger partial charge on any atom is -0.485 e. The minimum atomic E-state index is -0.349. The zero-order chi connectivity index (χ0) is 21.8. The van der Waals surface area contributed by atoms with Crippen molar-refractivity contribution in [3.8, 4) is 11.5 Å². The predicted molar refractivity (Wildman–Crippen MR) is 119 cm³/mol. The maximum absolute atomic E-state index is 13.0. The number of hydrogen-bond donors (Lipinski definition) is 0. The summed E-state index contributed by atoms with van der Waals surface area (Å²) in [5.74, 6) is 2.17. The molecule has 0 fully saturated rings. The van der Waals surface area contributed by atoms with Crippen LogP contribution in [0, 0.1) is 0 Å². The number of benzene rings is 2.